The fourth-order valence-electron chi connectivity index (χ4n) is 4.94. The number of thiophene rings is 1. The fraction of sp³-hybridized carbons (Fsp3) is 0.250. The van der Waals surface area contributed by atoms with Gasteiger partial charge in [0.15, 0.2) is 0 Å². The van der Waals surface area contributed by atoms with Gasteiger partial charge in [0.1, 0.15) is 10.5 Å². The Hall–Kier alpha value is -3.23. The molecule has 0 bridgehead atoms. The molecular weight excluding hydrogens is 427 g/mol. The molecule has 162 valence electrons. The SMILES string of the molecule is O=C1NC(=O)C(c2cn(CC3(F)CCNCC3)c3ccccc23)=C1c1c[nH]c2sccc12. The van der Waals surface area contributed by atoms with Gasteiger partial charge in [-0.15, -0.1) is 11.3 Å². The summed E-state index contributed by atoms with van der Waals surface area (Å²) in [5, 5.41) is 9.37. The number of halogens is 1. The van der Waals surface area contributed by atoms with Gasteiger partial charge in [-0.2, -0.15) is 0 Å². The Balaban J connectivity index is 1.55. The first kappa shape index (κ1) is 19.5. The number of carbonyl (C=O) groups excluding carboxylic acids is 2. The first-order chi connectivity index (χ1) is 15.5. The van der Waals surface area contributed by atoms with Crippen molar-refractivity contribution in [2.24, 2.45) is 0 Å². The number of para-hydroxylation sites is 1. The molecule has 6 nitrogen and oxygen atoms in total. The first-order valence-electron chi connectivity index (χ1n) is 10.7. The lowest BCUT2D eigenvalue weighted by Crippen LogP contribution is -2.41. The number of fused-ring (bicyclic) bond motifs is 2. The number of hydrogen-bond donors (Lipinski definition) is 3. The molecule has 2 aliphatic heterocycles. The van der Waals surface area contributed by atoms with Crippen LogP contribution in [0.5, 0.6) is 0 Å². The average Bonchev–Trinajstić information content (AvgIpc) is 3.52. The Morgan fingerprint density at radius 3 is 2.56 bits per heavy atom. The third-order valence-electron chi connectivity index (χ3n) is 6.51. The summed E-state index contributed by atoms with van der Waals surface area (Å²) in [4.78, 5) is 30.0. The molecule has 8 heteroatoms. The van der Waals surface area contributed by atoms with Gasteiger partial charge in [0.05, 0.1) is 17.7 Å². The molecule has 0 aliphatic carbocycles. The van der Waals surface area contributed by atoms with Crippen LogP contribution >= 0.6 is 11.3 Å². The molecule has 6 rings (SSSR count). The van der Waals surface area contributed by atoms with Gasteiger partial charge < -0.3 is 14.9 Å². The molecular formula is C24H21FN4O2S. The Morgan fingerprint density at radius 2 is 1.75 bits per heavy atom. The molecule has 3 N–H and O–H groups in total. The van der Waals surface area contributed by atoms with Crippen LogP contribution in [0.2, 0.25) is 0 Å². The van der Waals surface area contributed by atoms with Gasteiger partial charge in [-0.05, 0) is 43.4 Å². The highest BCUT2D eigenvalue weighted by Crippen LogP contribution is 2.39. The topological polar surface area (TPSA) is 78.9 Å². The Labute approximate surface area is 187 Å². The first-order valence-corrected chi connectivity index (χ1v) is 11.5. The van der Waals surface area contributed by atoms with Crippen molar-refractivity contribution in [2.75, 3.05) is 13.1 Å². The van der Waals surface area contributed by atoms with E-state index in [4.69, 9.17) is 0 Å². The zero-order valence-corrected chi connectivity index (χ0v) is 18.0. The van der Waals surface area contributed by atoms with Crippen LogP contribution < -0.4 is 10.6 Å². The molecule has 2 amide bonds. The number of carbonyl (C=O) groups is 2. The highest BCUT2D eigenvalue weighted by atomic mass is 32.1. The number of piperidine rings is 1. The summed E-state index contributed by atoms with van der Waals surface area (Å²) >= 11 is 1.55. The van der Waals surface area contributed by atoms with Crippen LogP contribution in [0.3, 0.4) is 0 Å². The second-order valence-electron chi connectivity index (χ2n) is 8.49. The second kappa shape index (κ2) is 7.15. The van der Waals surface area contributed by atoms with Gasteiger partial charge in [0.25, 0.3) is 11.8 Å². The van der Waals surface area contributed by atoms with E-state index in [0.717, 1.165) is 21.1 Å². The molecule has 1 saturated heterocycles. The summed E-state index contributed by atoms with van der Waals surface area (Å²) in [6.45, 7) is 1.52. The number of alkyl halides is 1. The number of amides is 2. The van der Waals surface area contributed by atoms with E-state index in [0.29, 0.717) is 48.2 Å². The Bertz CT molecular complexity index is 1420. The predicted octanol–water partition coefficient (Wildman–Crippen LogP) is 3.84. The molecule has 1 aromatic carbocycles. The van der Waals surface area contributed by atoms with Crippen molar-refractivity contribution < 1.29 is 14.0 Å². The quantitative estimate of drug-likeness (QED) is 0.415. The normalized spacial score (nSPS) is 18.8. The van der Waals surface area contributed by atoms with Crippen molar-refractivity contribution in [1.82, 2.24) is 20.2 Å². The summed E-state index contributed by atoms with van der Waals surface area (Å²) in [5.74, 6) is -0.830. The Kier molecular flexibility index (Phi) is 4.34. The predicted molar refractivity (Wildman–Crippen MR) is 124 cm³/mol. The van der Waals surface area contributed by atoms with Gasteiger partial charge in [-0.25, -0.2) is 4.39 Å². The minimum Gasteiger partial charge on any atom is -0.352 e. The lowest BCUT2D eigenvalue weighted by Gasteiger charge is -2.30. The van der Waals surface area contributed by atoms with Crippen molar-refractivity contribution in [3.8, 4) is 0 Å². The van der Waals surface area contributed by atoms with E-state index in [2.05, 4.69) is 15.6 Å². The van der Waals surface area contributed by atoms with Crippen molar-refractivity contribution >= 4 is 55.4 Å². The van der Waals surface area contributed by atoms with Gasteiger partial charge in [0.2, 0.25) is 0 Å². The number of hydrogen-bond acceptors (Lipinski definition) is 4. The lowest BCUT2D eigenvalue weighted by molar-refractivity contribution is -0.122. The molecule has 3 aromatic heterocycles. The molecule has 0 spiro atoms. The van der Waals surface area contributed by atoms with Gasteiger partial charge in [0, 0.05) is 39.8 Å². The summed E-state index contributed by atoms with van der Waals surface area (Å²) in [6.07, 6.45) is 4.50. The number of benzene rings is 1. The number of rotatable bonds is 4. The summed E-state index contributed by atoms with van der Waals surface area (Å²) in [7, 11) is 0. The van der Waals surface area contributed by atoms with Gasteiger partial charge in [-0.3, -0.25) is 14.9 Å². The fourth-order valence-corrected chi connectivity index (χ4v) is 5.71. The minimum absolute atomic E-state index is 0.215. The van der Waals surface area contributed by atoms with Crippen LogP contribution in [0.4, 0.5) is 4.39 Å². The molecule has 32 heavy (non-hydrogen) atoms. The molecule has 1 fully saturated rings. The number of aromatic amines is 1. The van der Waals surface area contributed by atoms with Crippen molar-refractivity contribution in [1.29, 1.82) is 0 Å². The van der Waals surface area contributed by atoms with Gasteiger partial charge >= 0.3 is 0 Å². The molecule has 0 atom stereocenters. The highest BCUT2D eigenvalue weighted by molar-refractivity contribution is 7.16. The van der Waals surface area contributed by atoms with E-state index in [-0.39, 0.29) is 6.54 Å². The maximum absolute atomic E-state index is 15.5. The summed E-state index contributed by atoms with van der Waals surface area (Å²) < 4.78 is 17.4. The number of imide groups is 1. The van der Waals surface area contributed by atoms with Crippen LogP contribution in [-0.2, 0) is 16.1 Å². The largest absolute Gasteiger partial charge is 0.352 e. The molecule has 5 heterocycles. The lowest BCUT2D eigenvalue weighted by atomic mass is 9.94. The summed E-state index contributed by atoms with van der Waals surface area (Å²) in [6, 6.07) is 9.61. The molecule has 0 radical (unpaired) electrons. The zero-order valence-electron chi connectivity index (χ0n) is 17.2. The highest BCUT2D eigenvalue weighted by Gasteiger charge is 2.36. The molecule has 2 aliphatic rings. The van der Waals surface area contributed by atoms with E-state index < -0.39 is 17.5 Å². The number of aromatic nitrogens is 2. The monoisotopic (exact) mass is 448 g/mol. The molecule has 4 aromatic rings. The standard InChI is InChI=1S/C24H21FN4O2S/c25-24(6-8-26-9-7-24)13-29-12-17(14-3-1-2-4-18(14)29)20-19(21(30)28-22(20)31)16-11-27-23-15(16)5-10-32-23/h1-5,10-12,26-27H,6-9,13H2,(H,28,30,31). The van der Waals surface area contributed by atoms with E-state index in [1.807, 2.05) is 46.5 Å². The Morgan fingerprint density at radius 1 is 1.00 bits per heavy atom. The van der Waals surface area contributed by atoms with Crippen LogP contribution in [-0.4, -0.2) is 40.1 Å². The van der Waals surface area contributed by atoms with Crippen LogP contribution in [0.15, 0.2) is 48.1 Å². The van der Waals surface area contributed by atoms with Crippen molar-refractivity contribution in [2.45, 2.75) is 25.1 Å². The van der Waals surface area contributed by atoms with E-state index >= 15 is 4.39 Å². The van der Waals surface area contributed by atoms with E-state index in [1.165, 1.54) is 0 Å². The zero-order chi connectivity index (χ0) is 21.9. The maximum Gasteiger partial charge on any atom is 0.259 e. The third kappa shape index (κ3) is 2.94. The van der Waals surface area contributed by atoms with E-state index in [1.54, 1.807) is 17.5 Å². The maximum atomic E-state index is 15.5. The van der Waals surface area contributed by atoms with Crippen molar-refractivity contribution in [3.05, 3.63) is 59.2 Å². The van der Waals surface area contributed by atoms with E-state index in [9.17, 15) is 9.59 Å². The summed E-state index contributed by atoms with van der Waals surface area (Å²) in [5.41, 5.74) is 1.61. The number of nitrogens with one attached hydrogen (secondary N) is 3. The van der Waals surface area contributed by atoms with Crippen LogP contribution in [0.25, 0.3) is 32.3 Å². The molecule has 0 saturated carbocycles. The number of H-pyrrole nitrogens is 1. The van der Waals surface area contributed by atoms with Crippen LogP contribution in [0.1, 0.15) is 24.0 Å². The van der Waals surface area contributed by atoms with Crippen LogP contribution in [0, 0.1) is 0 Å². The third-order valence-corrected chi connectivity index (χ3v) is 7.36. The van der Waals surface area contributed by atoms with Crippen molar-refractivity contribution in [3.63, 3.8) is 0 Å². The van der Waals surface area contributed by atoms with Gasteiger partial charge in [-0.1, -0.05) is 18.2 Å². The second-order valence-corrected chi connectivity index (χ2v) is 9.40. The number of nitrogens with zero attached hydrogens (tertiary/aromatic N) is 1. The smallest absolute Gasteiger partial charge is 0.259 e. The minimum atomic E-state index is -1.31. The molecule has 0 unspecified atom stereocenters. The average molecular weight is 449 g/mol.